The molecule has 2 heterocycles. The van der Waals surface area contributed by atoms with Crippen LogP contribution >= 0.6 is 0 Å². The highest BCUT2D eigenvalue weighted by molar-refractivity contribution is 6.02. The van der Waals surface area contributed by atoms with Crippen molar-refractivity contribution in [2.75, 3.05) is 13.1 Å². The predicted octanol–water partition coefficient (Wildman–Crippen LogP) is 1.80. The summed E-state index contributed by atoms with van der Waals surface area (Å²) in [5.41, 5.74) is 0.392. The minimum atomic E-state index is -0.268. The van der Waals surface area contributed by atoms with Gasteiger partial charge in [-0.2, -0.15) is 0 Å². The first-order chi connectivity index (χ1) is 9.24. The number of rotatable bonds is 3. The Labute approximate surface area is 114 Å². The van der Waals surface area contributed by atoms with Crippen LogP contribution in [0.1, 0.15) is 55.4 Å². The Morgan fingerprint density at radius 2 is 1.84 bits per heavy atom. The molecule has 5 heteroatoms. The maximum Gasteiger partial charge on any atom is 0.202 e. The fourth-order valence-corrected chi connectivity index (χ4v) is 3.70. The average Bonchev–Trinajstić information content (AvgIpc) is 3.08. The lowest BCUT2D eigenvalue weighted by Crippen LogP contribution is -2.55. The predicted molar refractivity (Wildman–Crippen MR) is 72.0 cm³/mol. The van der Waals surface area contributed by atoms with Crippen molar-refractivity contribution in [3.8, 4) is 0 Å². The number of hydrogen-bond acceptors (Lipinski definition) is 4. The van der Waals surface area contributed by atoms with Crippen LogP contribution in [-0.2, 0) is 7.05 Å². The number of hydrogen-bond donors (Lipinski definition) is 0. The summed E-state index contributed by atoms with van der Waals surface area (Å²) >= 11 is 0. The van der Waals surface area contributed by atoms with Crippen molar-refractivity contribution >= 4 is 5.78 Å². The topological polar surface area (TPSA) is 51.0 Å². The van der Waals surface area contributed by atoms with E-state index in [9.17, 15) is 4.79 Å². The van der Waals surface area contributed by atoms with Gasteiger partial charge in [0.25, 0.3) is 0 Å². The smallest absolute Gasteiger partial charge is 0.202 e. The van der Waals surface area contributed by atoms with Gasteiger partial charge in [-0.1, -0.05) is 24.5 Å². The van der Waals surface area contributed by atoms with Crippen LogP contribution in [-0.4, -0.2) is 44.3 Å². The molecule has 1 aliphatic carbocycles. The van der Waals surface area contributed by atoms with Crippen molar-refractivity contribution < 1.29 is 4.79 Å². The van der Waals surface area contributed by atoms with E-state index < -0.39 is 0 Å². The Balaban J connectivity index is 1.91. The van der Waals surface area contributed by atoms with Crippen LogP contribution in [0.3, 0.4) is 0 Å². The molecule has 0 atom stereocenters. The number of piperidine rings is 1. The summed E-state index contributed by atoms with van der Waals surface area (Å²) in [7, 11) is 1.80. The first-order valence-electron chi connectivity index (χ1n) is 7.38. The third-order valence-corrected chi connectivity index (χ3v) is 4.76. The lowest BCUT2D eigenvalue weighted by molar-refractivity contribution is 0.0468. The SMILES string of the molecule is Cn1nncc1C(=O)C1(N2CCCCC2)CCCC1. The monoisotopic (exact) mass is 262 g/mol. The molecule has 5 nitrogen and oxygen atoms in total. The molecule has 104 valence electrons. The molecular formula is C14H22N4O. The van der Waals surface area contributed by atoms with Crippen LogP contribution in [0.2, 0.25) is 0 Å². The summed E-state index contributed by atoms with van der Waals surface area (Å²) in [5.74, 6) is 0.236. The molecule has 2 fully saturated rings. The normalized spacial score (nSPS) is 23.6. The largest absolute Gasteiger partial charge is 0.291 e. The van der Waals surface area contributed by atoms with Crippen molar-refractivity contribution in [2.24, 2.45) is 7.05 Å². The molecule has 0 bridgehead atoms. The maximum absolute atomic E-state index is 13.0. The molecule has 0 amide bonds. The molecule has 0 spiro atoms. The van der Waals surface area contributed by atoms with Gasteiger partial charge in [0.05, 0.1) is 11.7 Å². The first-order valence-corrected chi connectivity index (χ1v) is 7.38. The van der Waals surface area contributed by atoms with Crippen molar-refractivity contribution in [1.29, 1.82) is 0 Å². The van der Waals surface area contributed by atoms with Crippen LogP contribution in [0.15, 0.2) is 6.20 Å². The summed E-state index contributed by atoms with van der Waals surface area (Å²) in [4.78, 5) is 15.5. The zero-order chi connectivity index (χ0) is 13.3. The van der Waals surface area contributed by atoms with Gasteiger partial charge in [0, 0.05) is 7.05 Å². The van der Waals surface area contributed by atoms with Gasteiger partial charge in [0.15, 0.2) is 0 Å². The Hall–Kier alpha value is -1.23. The maximum atomic E-state index is 13.0. The van der Waals surface area contributed by atoms with E-state index in [-0.39, 0.29) is 11.3 Å². The second-order valence-corrected chi connectivity index (χ2v) is 5.86. The zero-order valence-electron chi connectivity index (χ0n) is 11.6. The number of nitrogens with zero attached hydrogens (tertiary/aromatic N) is 4. The number of likely N-dealkylation sites (tertiary alicyclic amines) is 1. The van der Waals surface area contributed by atoms with Gasteiger partial charge in [0.1, 0.15) is 5.69 Å². The molecule has 1 saturated heterocycles. The van der Waals surface area contributed by atoms with Crippen LogP contribution in [0.25, 0.3) is 0 Å². The molecule has 1 saturated carbocycles. The standard InChI is InChI=1S/C14H22N4O/c1-17-12(11-15-16-17)13(19)14(7-3-4-8-14)18-9-5-2-6-10-18/h11H,2-10H2,1H3. The number of carbonyl (C=O) groups excluding carboxylic acids is 1. The Morgan fingerprint density at radius 3 is 2.42 bits per heavy atom. The molecule has 0 unspecified atom stereocenters. The van der Waals surface area contributed by atoms with E-state index in [1.54, 1.807) is 17.9 Å². The quantitative estimate of drug-likeness (QED) is 0.779. The highest BCUT2D eigenvalue weighted by atomic mass is 16.1. The third kappa shape index (κ3) is 2.10. The number of carbonyl (C=O) groups is 1. The summed E-state index contributed by atoms with van der Waals surface area (Å²) in [5, 5.41) is 7.78. The molecule has 1 aromatic rings. The van der Waals surface area contributed by atoms with E-state index >= 15 is 0 Å². The number of aryl methyl sites for hydroxylation is 1. The highest BCUT2D eigenvalue weighted by Crippen LogP contribution is 2.39. The van der Waals surface area contributed by atoms with Gasteiger partial charge in [-0.15, -0.1) is 5.10 Å². The van der Waals surface area contributed by atoms with Crippen molar-refractivity contribution in [3.63, 3.8) is 0 Å². The van der Waals surface area contributed by atoms with E-state index in [0.29, 0.717) is 5.69 Å². The Kier molecular flexibility index (Phi) is 3.39. The minimum absolute atomic E-state index is 0.236. The molecule has 2 aliphatic rings. The molecule has 19 heavy (non-hydrogen) atoms. The van der Waals surface area contributed by atoms with Gasteiger partial charge >= 0.3 is 0 Å². The fourth-order valence-electron chi connectivity index (χ4n) is 3.70. The van der Waals surface area contributed by atoms with Gasteiger partial charge in [-0.25, -0.2) is 4.68 Å². The second kappa shape index (κ2) is 5.04. The number of ketones is 1. The van der Waals surface area contributed by atoms with Crippen LogP contribution in [0.5, 0.6) is 0 Å². The lowest BCUT2D eigenvalue weighted by Gasteiger charge is -2.42. The lowest BCUT2D eigenvalue weighted by atomic mass is 9.86. The van der Waals surface area contributed by atoms with Gasteiger partial charge in [-0.05, 0) is 38.8 Å². The molecule has 0 N–H and O–H groups in total. The van der Waals surface area contributed by atoms with Crippen molar-refractivity contribution in [1.82, 2.24) is 19.9 Å². The van der Waals surface area contributed by atoms with Crippen LogP contribution < -0.4 is 0 Å². The number of aromatic nitrogens is 3. The van der Waals surface area contributed by atoms with Gasteiger partial charge in [0.2, 0.25) is 5.78 Å². The van der Waals surface area contributed by atoms with Crippen molar-refractivity contribution in [2.45, 2.75) is 50.5 Å². The summed E-state index contributed by atoms with van der Waals surface area (Å²) < 4.78 is 1.62. The second-order valence-electron chi connectivity index (χ2n) is 5.86. The minimum Gasteiger partial charge on any atom is -0.291 e. The fraction of sp³-hybridized carbons (Fsp3) is 0.786. The van der Waals surface area contributed by atoms with E-state index in [2.05, 4.69) is 15.2 Å². The summed E-state index contributed by atoms with van der Waals surface area (Å²) in [6, 6.07) is 0. The molecule has 1 aromatic heterocycles. The average molecular weight is 262 g/mol. The van der Waals surface area contributed by atoms with E-state index in [1.165, 1.54) is 19.3 Å². The molecular weight excluding hydrogens is 240 g/mol. The van der Waals surface area contributed by atoms with Gasteiger partial charge in [-0.3, -0.25) is 9.69 Å². The number of Topliss-reactive ketones (excluding diaryl/α,β-unsaturated/α-hetero) is 1. The zero-order valence-corrected chi connectivity index (χ0v) is 11.6. The van der Waals surface area contributed by atoms with E-state index in [0.717, 1.165) is 38.8 Å². The first kappa shape index (κ1) is 12.8. The third-order valence-electron chi connectivity index (χ3n) is 4.76. The molecule has 0 aromatic carbocycles. The van der Waals surface area contributed by atoms with E-state index in [4.69, 9.17) is 0 Å². The van der Waals surface area contributed by atoms with Crippen molar-refractivity contribution in [3.05, 3.63) is 11.9 Å². The Morgan fingerprint density at radius 1 is 1.16 bits per heavy atom. The summed E-state index contributed by atoms with van der Waals surface area (Å²) in [6.07, 6.45) is 9.67. The van der Waals surface area contributed by atoms with E-state index in [1.807, 2.05) is 0 Å². The Bertz CT molecular complexity index is 456. The molecule has 0 radical (unpaired) electrons. The van der Waals surface area contributed by atoms with Gasteiger partial charge < -0.3 is 0 Å². The molecule has 3 rings (SSSR count). The van der Waals surface area contributed by atoms with Crippen LogP contribution in [0.4, 0.5) is 0 Å². The highest BCUT2D eigenvalue weighted by Gasteiger charge is 2.47. The summed E-state index contributed by atoms with van der Waals surface area (Å²) in [6.45, 7) is 2.13. The molecule has 1 aliphatic heterocycles. The van der Waals surface area contributed by atoms with Crippen LogP contribution in [0, 0.1) is 0 Å².